The van der Waals surface area contributed by atoms with Crippen molar-refractivity contribution in [1.82, 2.24) is 25.0 Å². The summed E-state index contributed by atoms with van der Waals surface area (Å²) in [5, 5.41) is 12.2. The summed E-state index contributed by atoms with van der Waals surface area (Å²) in [5.41, 5.74) is 0.804. The second-order valence-corrected chi connectivity index (χ2v) is 7.61. The highest BCUT2D eigenvalue weighted by molar-refractivity contribution is 7.99. The third-order valence-electron chi connectivity index (χ3n) is 4.76. The van der Waals surface area contributed by atoms with E-state index in [1.807, 2.05) is 11.5 Å². The number of hydrogen-bond donors (Lipinski definition) is 1. The summed E-state index contributed by atoms with van der Waals surface area (Å²) in [6, 6.07) is 6.41. The monoisotopic (exact) mass is 391 g/mol. The van der Waals surface area contributed by atoms with E-state index in [-0.39, 0.29) is 23.5 Å². The first-order valence-electron chi connectivity index (χ1n) is 9.45. The molecule has 1 aromatic carbocycles. The fraction of sp³-hybridized carbons (Fsp3) is 0.526. The fourth-order valence-corrected chi connectivity index (χ4v) is 4.11. The maximum atomic E-state index is 13.4. The van der Waals surface area contributed by atoms with Crippen LogP contribution in [-0.2, 0) is 4.79 Å². The van der Waals surface area contributed by atoms with E-state index < -0.39 is 0 Å². The molecule has 1 aliphatic rings. The third-order valence-corrected chi connectivity index (χ3v) is 5.69. The van der Waals surface area contributed by atoms with Crippen LogP contribution in [0.1, 0.15) is 45.0 Å². The summed E-state index contributed by atoms with van der Waals surface area (Å²) in [7, 11) is 0. The molecule has 6 nitrogen and oxygen atoms in total. The van der Waals surface area contributed by atoms with Gasteiger partial charge in [-0.1, -0.05) is 18.2 Å². The molecule has 3 rings (SSSR count). The van der Waals surface area contributed by atoms with Gasteiger partial charge in [0.15, 0.2) is 11.0 Å². The number of aromatic nitrogens is 3. The van der Waals surface area contributed by atoms with Crippen molar-refractivity contribution in [1.29, 1.82) is 0 Å². The van der Waals surface area contributed by atoms with Gasteiger partial charge in [0.1, 0.15) is 5.82 Å². The van der Waals surface area contributed by atoms with Crippen LogP contribution in [-0.4, -0.2) is 51.0 Å². The number of rotatable bonds is 7. The number of halogens is 1. The number of hydrogen-bond acceptors (Lipinski definition) is 5. The zero-order chi connectivity index (χ0) is 19.2. The lowest BCUT2D eigenvalue weighted by Gasteiger charge is -2.31. The maximum Gasteiger partial charge on any atom is 0.230 e. The molecular formula is C19H26FN5OS. The van der Waals surface area contributed by atoms with E-state index >= 15 is 0 Å². The van der Waals surface area contributed by atoms with Crippen LogP contribution in [0.4, 0.5) is 4.39 Å². The lowest BCUT2D eigenvalue weighted by molar-refractivity contribution is -0.118. The smallest absolute Gasteiger partial charge is 0.230 e. The van der Waals surface area contributed by atoms with Crippen LogP contribution in [0.2, 0.25) is 0 Å². The zero-order valence-electron chi connectivity index (χ0n) is 15.8. The molecule has 1 aromatic heterocycles. The van der Waals surface area contributed by atoms with Crippen molar-refractivity contribution in [2.45, 2.75) is 44.3 Å². The summed E-state index contributed by atoms with van der Waals surface area (Å²) in [6.45, 7) is 6.70. The van der Waals surface area contributed by atoms with E-state index in [4.69, 9.17) is 0 Å². The summed E-state index contributed by atoms with van der Waals surface area (Å²) >= 11 is 1.34. The highest BCUT2D eigenvalue weighted by Gasteiger charge is 2.25. The fourth-order valence-electron chi connectivity index (χ4n) is 3.33. The highest BCUT2D eigenvalue weighted by Crippen LogP contribution is 2.29. The van der Waals surface area contributed by atoms with Crippen LogP contribution in [0, 0.1) is 5.82 Å². The summed E-state index contributed by atoms with van der Waals surface area (Å²) < 4.78 is 15.4. The Balaban J connectivity index is 1.90. The van der Waals surface area contributed by atoms with Crippen LogP contribution in [0.3, 0.4) is 0 Å². The molecule has 8 heteroatoms. The molecule has 1 unspecified atom stereocenters. The van der Waals surface area contributed by atoms with Gasteiger partial charge >= 0.3 is 0 Å². The van der Waals surface area contributed by atoms with E-state index in [9.17, 15) is 9.18 Å². The molecule has 0 radical (unpaired) electrons. The van der Waals surface area contributed by atoms with E-state index in [2.05, 4.69) is 27.3 Å². The van der Waals surface area contributed by atoms with E-state index in [1.165, 1.54) is 43.2 Å². The lowest BCUT2D eigenvalue weighted by Crippen LogP contribution is -2.33. The first kappa shape index (κ1) is 19.8. The first-order valence-corrected chi connectivity index (χ1v) is 10.4. The summed E-state index contributed by atoms with van der Waals surface area (Å²) in [5.74, 6) is 0.767. The van der Waals surface area contributed by atoms with Crippen LogP contribution in [0.25, 0.3) is 5.69 Å². The van der Waals surface area contributed by atoms with E-state index in [0.717, 1.165) is 24.6 Å². The van der Waals surface area contributed by atoms with Gasteiger partial charge in [-0.3, -0.25) is 14.3 Å². The number of piperidine rings is 1. The molecule has 2 aromatic rings. The number of nitrogens with zero attached hydrogens (tertiary/aromatic N) is 4. The van der Waals surface area contributed by atoms with E-state index in [1.54, 1.807) is 12.1 Å². The van der Waals surface area contributed by atoms with Gasteiger partial charge in [0, 0.05) is 12.2 Å². The maximum absolute atomic E-state index is 13.4. The zero-order valence-corrected chi connectivity index (χ0v) is 16.6. The molecule has 146 valence electrons. The van der Waals surface area contributed by atoms with E-state index in [0.29, 0.717) is 11.7 Å². The van der Waals surface area contributed by atoms with Gasteiger partial charge in [-0.2, -0.15) is 0 Å². The standard InChI is InChI=1S/C19H26FN5OS/c1-3-21-17(26)13-27-19-23-22-18(14(2)24-11-5-4-6-12-24)25(19)16-9-7-15(20)8-10-16/h7-10,14H,3-6,11-13H2,1-2H3,(H,21,26). The molecule has 0 aliphatic carbocycles. The Labute approximate surface area is 163 Å². The van der Waals surface area contributed by atoms with Gasteiger partial charge in [-0.15, -0.1) is 10.2 Å². The van der Waals surface area contributed by atoms with Crippen LogP contribution in [0.15, 0.2) is 29.4 Å². The number of carbonyl (C=O) groups is 1. The van der Waals surface area contributed by atoms with Crippen molar-refractivity contribution in [2.24, 2.45) is 0 Å². The van der Waals surface area contributed by atoms with Crippen LogP contribution >= 0.6 is 11.8 Å². The molecule has 2 heterocycles. The number of likely N-dealkylation sites (tertiary alicyclic amines) is 1. The quantitative estimate of drug-likeness (QED) is 0.735. The van der Waals surface area contributed by atoms with Crippen LogP contribution in [0.5, 0.6) is 0 Å². The Morgan fingerprint density at radius 2 is 1.93 bits per heavy atom. The minimum Gasteiger partial charge on any atom is -0.356 e. The number of thioether (sulfide) groups is 1. The second-order valence-electron chi connectivity index (χ2n) is 6.67. The minimum atomic E-state index is -0.283. The Morgan fingerprint density at radius 1 is 1.22 bits per heavy atom. The molecule has 1 amide bonds. The summed E-state index contributed by atoms with van der Waals surface area (Å²) in [4.78, 5) is 14.3. The first-order chi connectivity index (χ1) is 13.1. The van der Waals surface area contributed by atoms with Crippen LogP contribution < -0.4 is 5.32 Å². The largest absolute Gasteiger partial charge is 0.356 e. The molecule has 1 atom stereocenters. The molecule has 0 bridgehead atoms. The van der Waals surface area contributed by atoms with Gasteiger partial charge in [-0.25, -0.2) is 4.39 Å². The highest BCUT2D eigenvalue weighted by atomic mass is 32.2. The Bertz CT molecular complexity index is 758. The molecule has 1 N–H and O–H groups in total. The topological polar surface area (TPSA) is 63.1 Å². The number of amides is 1. The molecule has 1 fully saturated rings. The SMILES string of the molecule is CCNC(=O)CSc1nnc(C(C)N2CCCCC2)n1-c1ccc(F)cc1. The molecule has 27 heavy (non-hydrogen) atoms. The van der Waals surface area contributed by atoms with Crippen molar-refractivity contribution in [3.05, 3.63) is 35.9 Å². The number of benzene rings is 1. The minimum absolute atomic E-state index is 0.0400. The molecule has 1 saturated heterocycles. The number of nitrogens with one attached hydrogen (secondary N) is 1. The van der Waals surface area contributed by atoms with Crippen molar-refractivity contribution in [2.75, 3.05) is 25.4 Å². The predicted octanol–water partition coefficient (Wildman–Crippen LogP) is 3.18. The third kappa shape index (κ3) is 4.87. The summed E-state index contributed by atoms with van der Waals surface area (Å²) in [6.07, 6.45) is 3.64. The molecular weight excluding hydrogens is 365 g/mol. The second kappa shape index (κ2) is 9.32. The molecule has 1 aliphatic heterocycles. The van der Waals surface area contributed by atoms with Gasteiger partial charge in [-0.05, 0) is 64.0 Å². The number of carbonyl (C=O) groups excluding carboxylic acids is 1. The Kier molecular flexibility index (Phi) is 6.84. The van der Waals surface area contributed by atoms with Crippen molar-refractivity contribution in [3.63, 3.8) is 0 Å². The average Bonchev–Trinajstić information content (AvgIpc) is 3.11. The van der Waals surface area contributed by atoms with Gasteiger partial charge in [0.2, 0.25) is 5.91 Å². The Hall–Kier alpha value is -1.93. The van der Waals surface area contributed by atoms with Crippen molar-refractivity contribution < 1.29 is 9.18 Å². The van der Waals surface area contributed by atoms with Crippen molar-refractivity contribution >= 4 is 17.7 Å². The molecule has 0 saturated carbocycles. The lowest BCUT2D eigenvalue weighted by atomic mass is 10.1. The Morgan fingerprint density at radius 3 is 2.59 bits per heavy atom. The van der Waals surface area contributed by atoms with Gasteiger partial charge < -0.3 is 5.32 Å². The normalized spacial score (nSPS) is 16.3. The van der Waals surface area contributed by atoms with Gasteiger partial charge in [0.05, 0.1) is 11.8 Å². The predicted molar refractivity (Wildman–Crippen MR) is 105 cm³/mol. The van der Waals surface area contributed by atoms with Gasteiger partial charge in [0.25, 0.3) is 0 Å². The average molecular weight is 392 g/mol. The molecule has 0 spiro atoms. The van der Waals surface area contributed by atoms with Crippen molar-refractivity contribution in [3.8, 4) is 5.69 Å².